The number of aryl methyl sites for hydroxylation is 1. The maximum atomic E-state index is 10.8. The van der Waals surface area contributed by atoms with Crippen molar-refractivity contribution < 1.29 is 4.79 Å². The second-order valence-corrected chi connectivity index (χ2v) is 3.83. The molecule has 0 saturated heterocycles. The maximum Gasteiger partial charge on any atom is 0.168 e. The molecule has 3 nitrogen and oxygen atoms in total. The molecule has 1 aromatic heterocycles. The van der Waals surface area contributed by atoms with Gasteiger partial charge in [-0.15, -0.1) is 0 Å². The minimum absolute atomic E-state index is 0.581. The molecule has 0 amide bonds. The summed E-state index contributed by atoms with van der Waals surface area (Å²) < 4.78 is 1.67. The third-order valence-electron chi connectivity index (χ3n) is 2.35. The summed E-state index contributed by atoms with van der Waals surface area (Å²) >= 11 is 5.90. The van der Waals surface area contributed by atoms with Crippen LogP contribution >= 0.6 is 11.6 Å². The van der Waals surface area contributed by atoms with Crippen molar-refractivity contribution in [3.8, 4) is 11.3 Å². The largest absolute Gasteiger partial charge is 0.296 e. The van der Waals surface area contributed by atoms with Gasteiger partial charge in [-0.25, -0.2) is 0 Å². The first-order chi connectivity index (χ1) is 7.74. The Bertz CT molecular complexity index is 519. The van der Waals surface area contributed by atoms with Crippen molar-refractivity contribution in [1.29, 1.82) is 0 Å². The van der Waals surface area contributed by atoms with Gasteiger partial charge in [0.2, 0.25) is 0 Å². The van der Waals surface area contributed by atoms with E-state index in [4.69, 9.17) is 11.6 Å². The topological polar surface area (TPSA) is 34.9 Å². The molecule has 0 N–H and O–H groups in total. The van der Waals surface area contributed by atoms with Crippen LogP contribution in [0.5, 0.6) is 0 Å². The highest BCUT2D eigenvalue weighted by Crippen LogP contribution is 2.21. The summed E-state index contributed by atoms with van der Waals surface area (Å²) in [6.45, 7) is 2.62. The van der Waals surface area contributed by atoms with Gasteiger partial charge in [0.05, 0.1) is 5.69 Å². The van der Waals surface area contributed by atoms with Crippen LogP contribution in [-0.2, 0) is 6.54 Å². The number of benzene rings is 1. The van der Waals surface area contributed by atoms with E-state index in [1.54, 1.807) is 10.7 Å². The van der Waals surface area contributed by atoms with Gasteiger partial charge < -0.3 is 0 Å². The normalized spacial score (nSPS) is 10.4. The zero-order chi connectivity index (χ0) is 11.5. The van der Waals surface area contributed by atoms with E-state index >= 15 is 0 Å². The van der Waals surface area contributed by atoms with Gasteiger partial charge in [-0.05, 0) is 25.1 Å². The highest BCUT2D eigenvalue weighted by molar-refractivity contribution is 6.30. The minimum Gasteiger partial charge on any atom is -0.296 e. The molecule has 4 heteroatoms. The summed E-state index contributed by atoms with van der Waals surface area (Å²) in [4.78, 5) is 10.8. The fourth-order valence-corrected chi connectivity index (χ4v) is 1.76. The Morgan fingerprint density at radius 3 is 2.81 bits per heavy atom. The van der Waals surface area contributed by atoms with Crippen LogP contribution in [0.3, 0.4) is 0 Å². The molecule has 82 valence electrons. The van der Waals surface area contributed by atoms with Crippen molar-refractivity contribution in [3.63, 3.8) is 0 Å². The minimum atomic E-state index is 0.581. The van der Waals surface area contributed by atoms with Crippen molar-refractivity contribution in [2.45, 2.75) is 13.5 Å². The van der Waals surface area contributed by atoms with Gasteiger partial charge in [0, 0.05) is 17.1 Å². The fraction of sp³-hybridized carbons (Fsp3) is 0.167. The Morgan fingerprint density at radius 2 is 2.25 bits per heavy atom. The molecular formula is C12H11ClN2O. The predicted octanol–water partition coefficient (Wildman–Crippen LogP) is 3.04. The lowest BCUT2D eigenvalue weighted by Crippen LogP contribution is -2.00. The zero-order valence-electron chi connectivity index (χ0n) is 8.85. The van der Waals surface area contributed by atoms with Gasteiger partial charge in [0.1, 0.15) is 5.69 Å². The van der Waals surface area contributed by atoms with E-state index in [9.17, 15) is 4.79 Å². The van der Waals surface area contributed by atoms with Crippen LogP contribution in [0.1, 0.15) is 17.4 Å². The molecule has 0 aliphatic heterocycles. The Kier molecular flexibility index (Phi) is 3.06. The number of rotatable bonds is 3. The maximum absolute atomic E-state index is 10.8. The summed E-state index contributed by atoms with van der Waals surface area (Å²) in [6.07, 6.45) is 0.810. The molecule has 1 heterocycles. The first kappa shape index (κ1) is 10.9. The lowest BCUT2D eigenvalue weighted by Gasteiger charge is -1.97. The van der Waals surface area contributed by atoms with Gasteiger partial charge >= 0.3 is 0 Å². The lowest BCUT2D eigenvalue weighted by molar-refractivity contribution is 0.111. The van der Waals surface area contributed by atoms with Gasteiger partial charge in [-0.2, -0.15) is 5.10 Å². The first-order valence-electron chi connectivity index (χ1n) is 5.03. The van der Waals surface area contributed by atoms with Crippen LogP contribution in [-0.4, -0.2) is 16.1 Å². The van der Waals surface area contributed by atoms with Crippen molar-refractivity contribution in [1.82, 2.24) is 9.78 Å². The quantitative estimate of drug-likeness (QED) is 0.766. The van der Waals surface area contributed by atoms with Crippen LogP contribution in [0.25, 0.3) is 11.3 Å². The second kappa shape index (κ2) is 4.49. The first-order valence-corrected chi connectivity index (χ1v) is 5.41. The number of carbonyl (C=O) groups excluding carboxylic acids is 1. The molecule has 0 saturated carbocycles. The van der Waals surface area contributed by atoms with Crippen LogP contribution in [0.15, 0.2) is 30.3 Å². The van der Waals surface area contributed by atoms with Gasteiger partial charge in [-0.1, -0.05) is 23.7 Å². The fourth-order valence-electron chi connectivity index (χ4n) is 1.57. The highest BCUT2D eigenvalue weighted by Gasteiger charge is 2.07. The van der Waals surface area contributed by atoms with Crippen LogP contribution in [0.2, 0.25) is 5.02 Å². The molecule has 0 radical (unpaired) electrons. The molecule has 16 heavy (non-hydrogen) atoms. The summed E-state index contributed by atoms with van der Waals surface area (Å²) in [5.41, 5.74) is 2.27. The average Bonchev–Trinajstić information content (AvgIpc) is 2.72. The van der Waals surface area contributed by atoms with Gasteiger partial charge in [-0.3, -0.25) is 9.48 Å². The Hall–Kier alpha value is -1.61. The highest BCUT2D eigenvalue weighted by atomic mass is 35.5. The third kappa shape index (κ3) is 1.99. The molecule has 0 fully saturated rings. The smallest absolute Gasteiger partial charge is 0.168 e. The predicted molar refractivity (Wildman–Crippen MR) is 63.7 cm³/mol. The Morgan fingerprint density at radius 1 is 1.44 bits per heavy atom. The van der Waals surface area contributed by atoms with Gasteiger partial charge in [0.15, 0.2) is 6.29 Å². The molecule has 0 bridgehead atoms. The zero-order valence-corrected chi connectivity index (χ0v) is 9.61. The number of carbonyl (C=O) groups is 1. The van der Waals surface area contributed by atoms with E-state index < -0.39 is 0 Å². The molecule has 0 atom stereocenters. The monoisotopic (exact) mass is 234 g/mol. The lowest BCUT2D eigenvalue weighted by atomic mass is 10.1. The Labute approximate surface area is 98.7 Å². The number of hydrogen-bond acceptors (Lipinski definition) is 2. The molecule has 0 aliphatic carbocycles. The van der Waals surface area contributed by atoms with E-state index in [2.05, 4.69) is 5.10 Å². The second-order valence-electron chi connectivity index (χ2n) is 3.40. The van der Waals surface area contributed by atoms with E-state index in [-0.39, 0.29) is 0 Å². The van der Waals surface area contributed by atoms with E-state index in [0.29, 0.717) is 17.3 Å². The van der Waals surface area contributed by atoms with Gasteiger partial charge in [0.25, 0.3) is 0 Å². The number of nitrogens with zero attached hydrogens (tertiary/aromatic N) is 2. The van der Waals surface area contributed by atoms with Crippen molar-refractivity contribution in [3.05, 3.63) is 41.0 Å². The third-order valence-corrected chi connectivity index (χ3v) is 2.59. The molecule has 2 rings (SSSR count). The summed E-state index contributed by atoms with van der Waals surface area (Å²) in [5, 5.41) is 5.00. The molecule has 0 spiro atoms. The standard InChI is InChI=1S/C12H11ClN2O/c1-2-15-11(8-16)7-12(14-15)9-4-3-5-10(13)6-9/h3-8H,2H2,1H3. The number of halogens is 1. The average molecular weight is 235 g/mol. The molecule has 1 aromatic carbocycles. The van der Waals surface area contributed by atoms with Crippen LogP contribution in [0.4, 0.5) is 0 Å². The molecular weight excluding hydrogens is 224 g/mol. The van der Waals surface area contributed by atoms with Crippen molar-refractivity contribution in [2.75, 3.05) is 0 Å². The van der Waals surface area contributed by atoms with Crippen molar-refractivity contribution in [2.24, 2.45) is 0 Å². The van der Waals surface area contributed by atoms with Crippen molar-refractivity contribution >= 4 is 17.9 Å². The summed E-state index contributed by atoms with van der Waals surface area (Å²) in [7, 11) is 0. The molecule has 2 aromatic rings. The van der Waals surface area contributed by atoms with Crippen LogP contribution in [0, 0.1) is 0 Å². The molecule has 0 aliphatic rings. The summed E-state index contributed by atoms with van der Waals surface area (Å²) in [5.74, 6) is 0. The molecule has 0 unspecified atom stereocenters. The van der Waals surface area contributed by atoms with E-state index in [1.165, 1.54) is 0 Å². The Balaban J connectivity index is 2.48. The summed E-state index contributed by atoms with van der Waals surface area (Å²) in [6, 6.07) is 9.19. The van der Waals surface area contributed by atoms with E-state index in [0.717, 1.165) is 17.5 Å². The number of aldehydes is 1. The number of hydrogen-bond donors (Lipinski definition) is 0. The SMILES string of the molecule is CCn1nc(-c2cccc(Cl)c2)cc1C=O. The van der Waals surface area contributed by atoms with Crippen LogP contribution < -0.4 is 0 Å². The van der Waals surface area contributed by atoms with E-state index in [1.807, 2.05) is 31.2 Å². The number of aromatic nitrogens is 2.